The molecule has 0 saturated carbocycles. The van der Waals surface area contributed by atoms with Gasteiger partial charge in [-0.3, -0.25) is 14.6 Å². The zero-order valence-electron chi connectivity index (χ0n) is 6.33. The van der Waals surface area contributed by atoms with E-state index in [1.807, 2.05) is 6.07 Å². The van der Waals surface area contributed by atoms with Gasteiger partial charge in [0.1, 0.15) is 0 Å². The van der Waals surface area contributed by atoms with E-state index in [0.717, 1.165) is 19.6 Å². The van der Waals surface area contributed by atoms with Crippen LogP contribution in [-0.4, -0.2) is 4.98 Å². The molecule has 1 N–H and O–H groups in total. The van der Waals surface area contributed by atoms with Crippen molar-refractivity contribution in [3.05, 3.63) is 41.8 Å². The molecule has 0 unspecified atom stereocenters. The monoisotopic (exact) mass is 305 g/mol. The summed E-state index contributed by atoms with van der Waals surface area (Å²) in [6.45, 7) is 0. The van der Waals surface area contributed by atoms with E-state index >= 15 is 0 Å². The van der Waals surface area contributed by atoms with Gasteiger partial charge in [0.15, 0.2) is 0 Å². The van der Waals surface area contributed by atoms with E-state index in [1.54, 1.807) is 12.1 Å². The fourth-order valence-electron chi connectivity index (χ4n) is 1.05. The molecular formula is C8H4INO2S. The molecule has 0 aliphatic carbocycles. The standard InChI is InChI=1S/C8H4INO2S/c9-4-1-2-6-5(3-4)7(11)10-8(12)13-6/h1-3H,(H,10,11,12). The van der Waals surface area contributed by atoms with Crippen molar-refractivity contribution < 1.29 is 0 Å². The van der Waals surface area contributed by atoms with Crippen LogP contribution in [-0.2, 0) is 0 Å². The van der Waals surface area contributed by atoms with E-state index in [4.69, 9.17) is 0 Å². The minimum Gasteiger partial charge on any atom is -0.280 e. The van der Waals surface area contributed by atoms with Crippen LogP contribution in [0, 0.1) is 3.57 Å². The van der Waals surface area contributed by atoms with Gasteiger partial charge in [-0.1, -0.05) is 11.3 Å². The molecular weight excluding hydrogens is 301 g/mol. The second-order valence-electron chi connectivity index (χ2n) is 2.48. The van der Waals surface area contributed by atoms with Gasteiger partial charge in [-0.2, -0.15) is 0 Å². The highest BCUT2D eigenvalue weighted by atomic mass is 127. The molecule has 0 aliphatic rings. The topological polar surface area (TPSA) is 49.9 Å². The molecule has 1 aromatic heterocycles. The zero-order chi connectivity index (χ0) is 9.42. The third-order valence-corrected chi connectivity index (χ3v) is 3.14. The lowest BCUT2D eigenvalue weighted by Crippen LogP contribution is -2.15. The number of hydrogen-bond acceptors (Lipinski definition) is 3. The van der Waals surface area contributed by atoms with Gasteiger partial charge in [0.05, 0.1) is 5.39 Å². The van der Waals surface area contributed by atoms with Crippen molar-refractivity contribution in [2.24, 2.45) is 0 Å². The van der Waals surface area contributed by atoms with Gasteiger partial charge in [-0.25, -0.2) is 0 Å². The van der Waals surface area contributed by atoms with Gasteiger partial charge in [-0.05, 0) is 40.8 Å². The Bertz CT molecular complexity index is 572. The maximum atomic E-state index is 11.3. The summed E-state index contributed by atoms with van der Waals surface area (Å²) in [7, 11) is 0. The second kappa shape index (κ2) is 3.22. The van der Waals surface area contributed by atoms with E-state index in [2.05, 4.69) is 27.6 Å². The first-order valence-corrected chi connectivity index (χ1v) is 5.39. The lowest BCUT2D eigenvalue weighted by Gasteiger charge is -1.94. The Morgan fingerprint density at radius 2 is 2.08 bits per heavy atom. The van der Waals surface area contributed by atoms with Gasteiger partial charge < -0.3 is 0 Å². The number of aromatic nitrogens is 1. The average Bonchev–Trinajstić information content (AvgIpc) is 2.06. The van der Waals surface area contributed by atoms with Gasteiger partial charge in [0.25, 0.3) is 5.56 Å². The van der Waals surface area contributed by atoms with Gasteiger partial charge in [0.2, 0.25) is 0 Å². The summed E-state index contributed by atoms with van der Waals surface area (Å²) < 4.78 is 1.72. The summed E-state index contributed by atoms with van der Waals surface area (Å²) in [5, 5.41) is 0.580. The van der Waals surface area contributed by atoms with Crippen LogP contribution in [0.2, 0.25) is 0 Å². The number of H-pyrrole nitrogens is 1. The summed E-state index contributed by atoms with van der Waals surface area (Å²) in [6, 6.07) is 5.43. The molecule has 0 atom stereocenters. The molecule has 1 aromatic carbocycles. The molecule has 0 amide bonds. The lowest BCUT2D eigenvalue weighted by atomic mass is 10.3. The van der Waals surface area contributed by atoms with Crippen molar-refractivity contribution in [3.8, 4) is 0 Å². The Morgan fingerprint density at radius 1 is 1.31 bits per heavy atom. The molecule has 13 heavy (non-hydrogen) atoms. The molecule has 0 bridgehead atoms. The fraction of sp³-hybridized carbons (Fsp3) is 0. The molecule has 1 heterocycles. The molecule has 0 fully saturated rings. The quantitative estimate of drug-likeness (QED) is 0.751. The van der Waals surface area contributed by atoms with Crippen LogP contribution in [0.3, 0.4) is 0 Å². The van der Waals surface area contributed by atoms with Crippen molar-refractivity contribution in [2.45, 2.75) is 0 Å². The Balaban J connectivity index is 3.04. The van der Waals surface area contributed by atoms with Crippen LogP contribution in [0.15, 0.2) is 27.8 Å². The largest absolute Gasteiger partial charge is 0.307 e. The number of aromatic amines is 1. The minimum atomic E-state index is -0.308. The maximum Gasteiger partial charge on any atom is 0.307 e. The third kappa shape index (κ3) is 1.66. The number of nitrogens with one attached hydrogen (secondary N) is 1. The Hall–Kier alpha value is -0.690. The number of rotatable bonds is 0. The van der Waals surface area contributed by atoms with E-state index in [0.29, 0.717) is 5.39 Å². The van der Waals surface area contributed by atoms with Gasteiger partial charge in [-0.15, -0.1) is 0 Å². The molecule has 5 heteroatoms. The Morgan fingerprint density at radius 3 is 2.85 bits per heavy atom. The molecule has 0 spiro atoms. The number of benzene rings is 1. The van der Waals surface area contributed by atoms with Crippen LogP contribution in [0.1, 0.15) is 0 Å². The molecule has 0 aliphatic heterocycles. The van der Waals surface area contributed by atoms with Gasteiger partial charge >= 0.3 is 4.87 Å². The number of fused-ring (bicyclic) bond motifs is 1. The normalized spacial score (nSPS) is 10.5. The fourth-order valence-corrected chi connectivity index (χ4v) is 2.29. The Kier molecular flexibility index (Phi) is 2.20. The van der Waals surface area contributed by atoms with Crippen molar-refractivity contribution in [1.29, 1.82) is 0 Å². The molecule has 3 nitrogen and oxygen atoms in total. The van der Waals surface area contributed by atoms with E-state index in [1.165, 1.54) is 0 Å². The highest BCUT2D eigenvalue weighted by Crippen LogP contribution is 2.14. The van der Waals surface area contributed by atoms with E-state index < -0.39 is 0 Å². The summed E-state index contributed by atoms with van der Waals surface area (Å²) >= 11 is 3.18. The predicted molar refractivity (Wildman–Crippen MR) is 61.4 cm³/mol. The average molecular weight is 305 g/mol. The molecule has 66 valence electrons. The number of hydrogen-bond donors (Lipinski definition) is 1. The molecule has 0 saturated heterocycles. The van der Waals surface area contributed by atoms with Crippen molar-refractivity contribution in [2.75, 3.05) is 0 Å². The van der Waals surface area contributed by atoms with Crippen molar-refractivity contribution in [3.63, 3.8) is 0 Å². The second-order valence-corrected chi connectivity index (χ2v) is 4.74. The smallest absolute Gasteiger partial charge is 0.280 e. The van der Waals surface area contributed by atoms with Crippen LogP contribution >= 0.6 is 33.9 Å². The molecule has 2 rings (SSSR count). The summed E-state index contributed by atoms with van der Waals surface area (Å²) in [5.74, 6) is 0. The first-order chi connectivity index (χ1) is 6.16. The molecule has 2 aromatic rings. The van der Waals surface area contributed by atoms with Crippen molar-refractivity contribution in [1.82, 2.24) is 4.98 Å². The van der Waals surface area contributed by atoms with E-state index in [9.17, 15) is 9.59 Å². The Labute approximate surface area is 90.6 Å². The third-order valence-electron chi connectivity index (χ3n) is 1.60. The first-order valence-electron chi connectivity index (χ1n) is 3.49. The highest BCUT2D eigenvalue weighted by Gasteiger charge is 2.00. The van der Waals surface area contributed by atoms with Crippen LogP contribution in [0.5, 0.6) is 0 Å². The van der Waals surface area contributed by atoms with Crippen LogP contribution in [0.4, 0.5) is 0 Å². The summed E-state index contributed by atoms with van der Waals surface area (Å²) in [5.41, 5.74) is -0.308. The minimum absolute atomic E-state index is 0.307. The summed E-state index contributed by atoms with van der Waals surface area (Å²) in [4.78, 5) is 24.2. The van der Waals surface area contributed by atoms with Gasteiger partial charge in [0, 0.05) is 8.27 Å². The maximum absolute atomic E-state index is 11.3. The number of halogens is 1. The van der Waals surface area contributed by atoms with Crippen LogP contribution in [0.25, 0.3) is 10.1 Å². The zero-order valence-corrected chi connectivity index (χ0v) is 9.31. The predicted octanol–water partition coefficient (Wildman–Crippen LogP) is 1.55. The van der Waals surface area contributed by atoms with Crippen molar-refractivity contribution >= 4 is 44.0 Å². The first kappa shape index (κ1) is 8.89. The summed E-state index contributed by atoms with van der Waals surface area (Å²) in [6.07, 6.45) is 0. The SMILES string of the molecule is O=c1[nH]c(=O)c2cc(I)ccc2s1. The molecule has 0 radical (unpaired) electrons. The lowest BCUT2D eigenvalue weighted by molar-refractivity contribution is 1.25. The van der Waals surface area contributed by atoms with E-state index in [-0.39, 0.29) is 10.4 Å². The highest BCUT2D eigenvalue weighted by molar-refractivity contribution is 14.1. The van der Waals surface area contributed by atoms with Crippen LogP contribution < -0.4 is 10.4 Å².